The Bertz CT molecular complexity index is 1360. The molecule has 4 rings (SSSR count). The fraction of sp³-hybridized carbons (Fsp3) is 0.250. The lowest BCUT2D eigenvalue weighted by Crippen LogP contribution is -2.24. The number of rotatable bonds is 9. The molecule has 0 bridgehead atoms. The van der Waals surface area contributed by atoms with Gasteiger partial charge in [0, 0.05) is 24.3 Å². The van der Waals surface area contributed by atoms with Crippen molar-refractivity contribution in [2.75, 3.05) is 6.54 Å². The summed E-state index contributed by atoms with van der Waals surface area (Å²) in [5, 5.41) is 23.6. The third-order valence-corrected chi connectivity index (χ3v) is 6.12. The molecule has 0 spiro atoms. The normalized spacial score (nSPS) is 11.2. The number of fused-ring (bicyclic) bond motifs is 1. The number of nitrogens with zero attached hydrogens (tertiary/aromatic N) is 2. The van der Waals surface area contributed by atoms with Crippen LogP contribution in [0.4, 0.5) is 0 Å². The number of para-hydroxylation sites is 1. The van der Waals surface area contributed by atoms with Crippen LogP contribution in [0.2, 0.25) is 0 Å². The fourth-order valence-corrected chi connectivity index (χ4v) is 4.26. The molecule has 2 aromatic heterocycles. The lowest BCUT2D eigenvalue weighted by Gasteiger charge is -2.12. The number of hydrogen-bond donors (Lipinski definition) is 3. The minimum absolute atomic E-state index is 0.0385. The number of aromatic carboxylic acids is 1. The van der Waals surface area contributed by atoms with Gasteiger partial charge in [0.25, 0.3) is 5.91 Å². The molecule has 0 atom stereocenters. The Balaban J connectivity index is 1.44. The molecule has 1 amide bonds. The van der Waals surface area contributed by atoms with Gasteiger partial charge < -0.3 is 20.1 Å². The minimum Gasteiger partial charge on any atom is -0.507 e. The predicted octanol–water partition coefficient (Wildman–Crippen LogP) is 5.31. The quantitative estimate of drug-likeness (QED) is 0.287. The number of unbranched alkanes of at least 4 members (excludes halogenated alkanes) is 1. The third-order valence-electron chi connectivity index (χ3n) is 6.12. The van der Waals surface area contributed by atoms with Gasteiger partial charge in [-0.1, -0.05) is 32.0 Å². The zero-order chi connectivity index (χ0) is 24.9. The first kappa shape index (κ1) is 24.0. The number of aromatic nitrogens is 2. The zero-order valence-corrected chi connectivity index (χ0v) is 19.9. The molecule has 180 valence electrons. The van der Waals surface area contributed by atoms with Crippen molar-refractivity contribution >= 4 is 22.8 Å². The van der Waals surface area contributed by atoms with E-state index < -0.39 is 5.97 Å². The lowest BCUT2D eigenvalue weighted by molar-refractivity contribution is 0.0696. The van der Waals surface area contributed by atoms with Crippen LogP contribution in [0.1, 0.15) is 64.4 Å². The molecule has 7 heteroatoms. The van der Waals surface area contributed by atoms with E-state index in [1.165, 1.54) is 0 Å². The number of benzene rings is 2. The standard InChI is InChI=1S/C28H29N3O4/c1-18(2)21-9-7-10-22(26(21)32)27(33)30-15-5-3-8-20-17-31(25-11-4-6-14-29-25)24-13-12-19(28(34)35)16-23(20)24/h4,6-7,9-14,16-18,32H,3,5,8,15H2,1-2H3,(H,30,33)(H,34,35). The number of amides is 1. The molecule has 35 heavy (non-hydrogen) atoms. The van der Waals surface area contributed by atoms with Crippen LogP contribution in [0.5, 0.6) is 5.75 Å². The molecular weight excluding hydrogens is 442 g/mol. The van der Waals surface area contributed by atoms with E-state index >= 15 is 0 Å². The van der Waals surface area contributed by atoms with Gasteiger partial charge in [-0.05, 0) is 72.7 Å². The molecule has 7 nitrogen and oxygen atoms in total. The van der Waals surface area contributed by atoms with Crippen molar-refractivity contribution in [1.29, 1.82) is 0 Å². The maximum Gasteiger partial charge on any atom is 0.335 e. The van der Waals surface area contributed by atoms with Gasteiger partial charge >= 0.3 is 5.97 Å². The summed E-state index contributed by atoms with van der Waals surface area (Å²) in [6.07, 6.45) is 6.00. The van der Waals surface area contributed by atoms with Crippen LogP contribution in [0.25, 0.3) is 16.7 Å². The van der Waals surface area contributed by atoms with Crippen molar-refractivity contribution in [2.24, 2.45) is 0 Å². The Morgan fingerprint density at radius 1 is 1.06 bits per heavy atom. The molecule has 0 radical (unpaired) electrons. The topological polar surface area (TPSA) is 104 Å². The predicted molar refractivity (Wildman–Crippen MR) is 135 cm³/mol. The van der Waals surface area contributed by atoms with Gasteiger partial charge in [0.05, 0.1) is 16.6 Å². The smallest absolute Gasteiger partial charge is 0.335 e. The van der Waals surface area contributed by atoms with Crippen molar-refractivity contribution in [3.63, 3.8) is 0 Å². The average molecular weight is 472 g/mol. The third kappa shape index (κ3) is 5.19. The Kier molecular flexibility index (Phi) is 7.15. The second-order valence-electron chi connectivity index (χ2n) is 8.86. The van der Waals surface area contributed by atoms with Gasteiger partial charge in [-0.15, -0.1) is 0 Å². The van der Waals surface area contributed by atoms with Gasteiger partial charge in [-0.3, -0.25) is 4.79 Å². The van der Waals surface area contributed by atoms with E-state index in [1.807, 2.05) is 54.9 Å². The molecule has 2 heterocycles. The number of aryl methyl sites for hydroxylation is 1. The zero-order valence-electron chi connectivity index (χ0n) is 19.9. The van der Waals surface area contributed by atoms with Crippen LogP contribution in [0, 0.1) is 0 Å². The van der Waals surface area contributed by atoms with E-state index in [0.717, 1.165) is 47.1 Å². The van der Waals surface area contributed by atoms with Crippen LogP contribution < -0.4 is 5.32 Å². The Morgan fingerprint density at radius 3 is 2.60 bits per heavy atom. The number of carbonyl (C=O) groups excluding carboxylic acids is 1. The Morgan fingerprint density at radius 2 is 1.89 bits per heavy atom. The highest BCUT2D eigenvalue weighted by Gasteiger charge is 2.16. The SMILES string of the molecule is CC(C)c1cccc(C(=O)NCCCCc2cn(-c3ccccn3)c3ccc(C(=O)O)cc23)c1O. The van der Waals surface area contributed by atoms with E-state index in [0.29, 0.717) is 6.54 Å². The van der Waals surface area contributed by atoms with Crippen molar-refractivity contribution in [1.82, 2.24) is 14.9 Å². The van der Waals surface area contributed by atoms with E-state index in [1.54, 1.807) is 30.5 Å². The van der Waals surface area contributed by atoms with Gasteiger partial charge in [-0.2, -0.15) is 0 Å². The maximum absolute atomic E-state index is 12.6. The van der Waals surface area contributed by atoms with Crippen molar-refractivity contribution in [3.05, 3.63) is 89.2 Å². The molecule has 0 aliphatic carbocycles. The molecule has 0 aliphatic rings. The first-order valence-electron chi connectivity index (χ1n) is 11.8. The highest BCUT2D eigenvalue weighted by Crippen LogP contribution is 2.29. The Labute approximate surface area is 204 Å². The first-order valence-corrected chi connectivity index (χ1v) is 11.8. The molecule has 0 fully saturated rings. The fourth-order valence-electron chi connectivity index (χ4n) is 4.26. The highest BCUT2D eigenvalue weighted by molar-refractivity contribution is 5.97. The largest absolute Gasteiger partial charge is 0.507 e. The monoisotopic (exact) mass is 471 g/mol. The first-order chi connectivity index (χ1) is 16.9. The van der Waals surface area contributed by atoms with Crippen molar-refractivity contribution in [3.8, 4) is 11.6 Å². The number of carboxylic acids is 1. The van der Waals surface area contributed by atoms with Crippen LogP contribution >= 0.6 is 0 Å². The van der Waals surface area contributed by atoms with Gasteiger partial charge in [0.1, 0.15) is 11.6 Å². The van der Waals surface area contributed by atoms with Crippen molar-refractivity contribution < 1.29 is 19.8 Å². The number of hydrogen-bond acceptors (Lipinski definition) is 4. The van der Waals surface area contributed by atoms with Crippen LogP contribution in [0.3, 0.4) is 0 Å². The summed E-state index contributed by atoms with van der Waals surface area (Å²) in [6, 6.07) is 16.0. The summed E-state index contributed by atoms with van der Waals surface area (Å²) in [6.45, 7) is 4.42. The number of nitrogens with one attached hydrogen (secondary N) is 1. The molecule has 0 saturated heterocycles. The van der Waals surface area contributed by atoms with E-state index in [9.17, 15) is 19.8 Å². The lowest BCUT2D eigenvalue weighted by atomic mass is 9.99. The summed E-state index contributed by atoms with van der Waals surface area (Å²) < 4.78 is 1.97. The van der Waals surface area contributed by atoms with E-state index in [2.05, 4.69) is 10.3 Å². The number of carbonyl (C=O) groups is 2. The second kappa shape index (κ2) is 10.4. The molecular formula is C28H29N3O4. The second-order valence-corrected chi connectivity index (χ2v) is 8.86. The number of phenolic OH excluding ortho intramolecular Hbond substituents is 1. The number of pyridine rings is 1. The number of phenols is 1. The molecule has 0 saturated carbocycles. The highest BCUT2D eigenvalue weighted by atomic mass is 16.4. The van der Waals surface area contributed by atoms with E-state index in [-0.39, 0.29) is 28.7 Å². The Hall–Kier alpha value is -4.13. The summed E-state index contributed by atoms with van der Waals surface area (Å²) >= 11 is 0. The van der Waals surface area contributed by atoms with Gasteiger partial charge in [0.15, 0.2) is 0 Å². The van der Waals surface area contributed by atoms with Gasteiger partial charge in [-0.25, -0.2) is 9.78 Å². The summed E-state index contributed by atoms with van der Waals surface area (Å²) in [5.74, 6) is -0.324. The summed E-state index contributed by atoms with van der Waals surface area (Å²) in [5.41, 5.74) is 3.21. The molecule has 4 aromatic rings. The molecule has 0 aliphatic heterocycles. The van der Waals surface area contributed by atoms with Crippen molar-refractivity contribution in [2.45, 2.75) is 39.0 Å². The number of aromatic hydroxyl groups is 1. The van der Waals surface area contributed by atoms with E-state index in [4.69, 9.17) is 0 Å². The molecule has 0 unspecified atom stereocenters. The minimum atomic E-state index is -0.962. The summed E-state index contributed by atoms with van der Waals surface area (Å²) in [4.78, 5) is 28.5. The van der Waals surface area contributed by atoms with Crippen LogP contribution in [-0.2, 0) is 6.42 Å². The molecule has 3 N–H and O–H groups in total. The van der Waals surface area contributed by atoms with Crippen LogP contribution in [0.15, 0.2) is 67.0 Å². The van der Waals surface area contributed by atoms with Gasteiger partial charge in [0.2, 0.25) is 0 Å². The average Bonchev–Trinajstić information content (AvgIpc) is 3.22. The molecule has 2 aromatic carbocycles. The van der Waals surface area contributed by atoms with Crippen LogP contribution in [-0.4, -0.2) is 38.2 Å². The number of carboxylic acid groups (broad SMARTS) is 1. The summed E-state index contributed by atoms with van der Waals surface area (Å²) in [7, 11) is 0. The maximum atomic E-state index is 12.6.